The highest BCUT2D eigenvalue weighted by Crippen LogP contribution is 2.38. The molecule has 2 aromatic rings. The first kappa shape index (κ1) is 20.6. The highest BCUT2D eigenvalue weighted by Gasteiger charge is 2.22. The van der Waals surface area contributed by atoms with E-state index in [1.54, 1.807) is 0 Å². The second-order valence-electron chi connectivity index (χ2n) is 7.52. The van der Waals surface area contributed by atoms with Crippen molar-refractivity contribution in [1.29, 1.82) is 0 Å². The Labute approximate surface area is 162 Å². The van der Waals surface area contributed by atoms with Crippen LogP contribution in [0.3, 0.4) is 0 Å². The lowest BCUT2D eigenvalue weighted by atomic mass is 9.77. The second-order valence-corrected chi connectivity index (χ2v) is 7.52. The maximum absolute atomic E-state index is 13.4. The summed E-state index contributed by atoms with van der Waals surface area (Å²) in [6.07, 6.45) is 5.89. The number of unbranched alkanes of at least 4 members (excludes halogenated alkanes) is 1. The number of hydrogen-bond acceptors (Lipinski definition) is 0. The smallest absolute Gasteiger partial charge is 0.204 e. The molecule has 0 aliphatic heterocycles. The second kappa shape index (κ2) is 9.35. The summed E-state index contributed by atoms with van der Waals surface area (Å²) >= 11 is 0. The van der Waals surface area contributed by atoms with Gasteiger partial charge in [0.25, 0.3) is 6.08 Å². The minimum atomic E-state index is -1.60. The molecule has 0 spiro atoms. The topological polar surface area (TPSA) is 0 Å². The lowest BCUT2D eigenvalue weighted by Gasteiger charge is -2.29. The van der Waals surface area contributed by atoms with Crippen LogP contribution in [-0.4, -0.2) is 0 Å². The highest BCUT2D eigenvalue weighted by atomic mass is 19.3. The summed E-state index contributed by atoms with van der Waals surface area (Å²) < 4.78 is 64.0. The standard InChI is InChI=1S/C23H23F5/c24-20-13-19(14-21(25)23(20)28)18-11-9-17(10-12-18)16-7-5-15(6-8-16)3-1-2-4-22(26)27/h4,9-16H,1-3,5-8H2/t15-,16-. The van der Waals surface area contributed by atoms with Gasteiger partial charge < -0.3 is 0 Å². The van der Waals surface area contributed by atoms with E-state index in [1.807, 2.05) is 24.3 Å². The summed E-state index contributed by atoms with van der Waals surface area (Å²) in [5.74, 6) is -2.81. The van der Waals surface area contributed by atoms with Crippen molar-refractivity contribution in [3.63, 3.8) is 0 Å². The molecule has 3 rings (SSSR count). The van der Waals surface area contributed by atoms with Crippen molar-refractivity contribution in [2.75, 3.05) is 0 Å². The first-order valence-electron chi connectivity index (χ1n) is 9.70. The third kappa shape index (κ3) is 5.21. The predicted molar refractivity (Wildman–Crippen MR) is 101 cm³/mol. The normalized spacial score (nSPS) is 19.5. The maximum Gasteiger partial charge on any atom is 0.266 e. The molecule has 0 bridgehead atoms. The first-order valence-corrected chi connectivity index (χ1v) is 9.70. The van der Waals surface area contributed by atoms with Crippen molar-refractivity contribution in [2.24, 2.45) is 5.92 Å². The molecular formula is C23H23F5. The first-order chi connectivity index (χ1) is 13.4. The van der Waals surface area contributed by atoms with Crippen LogP contribution in [0, 0.1) is 23.4 Å². The fraction of sp³-hybridized carbons (Fsp3) is 0.391. The van der Waals surface area contributed by atoms with Crippen molar-refractivity contribution >= 4 is 0 Å². The Balaban J connectivity index is 1.56. The van der Waals surface area contributed by atoms with Gasteiger partial charge in [-0.2, -0.15) is 8.78 Å². The molecule has 1 aliphatic carbocycles. The molecule has 0 unspecified atom stereocenters. The van der Waals surface area contributed by atoms with Crippen LogP contribution < -0.4 is 0 Å². The molecular weight excluding hydrogens is 371 g/mol. The SMILES string of the molecule is FC(F)=CCCC[C@H]1CC[C@H](c2ccc(-c3cc(F)c(F)c(F)c3)cc2)CC1. The number of rotatable bonds is 6. The summed E-state index contributed by atoms with van der Waals surface area (Å²) in [5, 5.41) is 0. The van der Waals surface area contributed by atoms with E-state index in [4.69, 9.17) is 0 Å². The zero-order valence-corrected chi connectivity index (χ0v) is 15.5. The molecule has 0 N–H and O–H groups in total. The van der Waals surface area contributed by atoms with Crippen molar-refractivity contribution in [3.05, 3.63) is 71.6 Å². The van der Waals surface area contributed by atoms with Crippen LogP contribution in [0.25, 0.3) is 11.1 Å². The molecule has 0 saturated heterocycles. The molecule has 2 aromatic carbocycles. The Morgan fingerprint density at radius 2 is 1.46 bits per heavy atom. The monoisotopic (exact) mass is 394 g/mol. The average molecular weight is 394 g/mol. The van der Waals surface area contributed by atoms with Crippen molar-refractivity contribution in [2.45, 2.75) is 50.9 Å². The number of hydrogen-bond donors (Lipinski definition) is 0. The molecule has 0 radical (unpaired) electrons. The lowest BCUT2D eigenvalue weighted by Crippen LogP contribution is -2.13. The Hall–Kier alpha value is -2.17. The number of allylic oxidation sites excluding steroid dienone is 1. The molecule has 0 nitrogen and oxygen atoms in total. The van der Waals surface area contributed by atoms with Gasteiger partial charge in [-0.15, -0.1) is 0 Å². The summed E-state index contributed by atoms with van der Waals surface area (Å²) in [7, 11) is 0. The Morgan fingerprint density at radius 1 is 0.857 bits per heavy atom. The summed E-state index contributed by atoms with van der Waals surface area (Å²) in [6.45, 7) is 0. The minimum Gasteiger partial charge on any atom is -0.204 e. The Morgan fingerprint density at radius 3 is 2.04 bits per heavy atom. The van der Waals surface area contributed by atoms with Gasteiger partial charge in [0.05, 0.1) is 0 Å². The highest BCUT2D eigenvalue weighted by molar-refractivity contribution is 5.64. The minimum absolute atomic E-state index is 0.311. The van der Waals surface area contributed by atoms with Gasteiger partial charge in [0.15, 0.2) is 17.5 Å². The Kier molecular flexibility index (Phi) is 6.87. The zero-order chi connectivity index (χ0) is 20.1. The molecule has 0 heterocycles. The van der Waals surface area contributed by atoms with Crippen molar-refractivity contribution < 1.29 is 22.0 Å². The molecule has 0 amide bonds. The van der Waals surface area contributed by atoms with Crippen LogP contribution in [0.2, 0.25) is 0 Å². The molecule has 28 heavy (non-hydrogen) atoms. The van der Waals surface area contributed by atoms with Crippen LogP contribution in [0.1, 0.15) is 56.4 Å². The van der Waals surface area contributed by atoms with Gasteiger partial charge in [0.2, 0.25) is 0 Å². The molecule has 1 saturated carbocycles. The molecule has 1 aliphatic rings. The average Bonchev–Trinajstić information content (AvgIpc) is 2.69. The van der Waals surface area contributed by atoms with Gasteiger partial charge in [-0.05, 0) is 85.3 Å². The lowest BCUT2D eigenvalue weighted by molar-refractivity contribution is 0.305. The molecule has 1 fully saturated rings. The van der Waals surface area contributed by atoms with Gasteiger partial charge in [-0.3, -0.25) is 0 Å². The van der Waals surface area contributed by atoms with E-state index in [9.17, 15) is 22.0 Å². The molecule has 5 heteroatoms. The molecule has 150 valence electrons. The van der Waals surface area contributed by atoms with Crippen LogP contribution in [0.4, 0.5) is 22.0 Å². The largest absolute Gasteiger partial charge is 0.266 e. The van der Waals surface area contributed by atoms with Crippen LogP contribution in [-0.2, 0) is 0 Å². The van der Waals surface area contributed by atoms with E-state index >= 15 is 0 Å². The van der Waals surface area contributed by atoms with Crippen LogP contribution in [0.5, 0.6) is 0 Å². The molecule has 0 atom stereocenters. The Bertz CT molecular complexity index is 790. The van der Waals surface area contributed by atoms with Gasteiger partial charge in [-0.25, -0.2) is 13.2 Å². The summed E-state index contributed by atoms with van der Waals surface area (Å²) in [6, 6.07) is 9.56. The number of halogens is 5. The van der Waals surface area contributed by atoms with Crippen LogP contribution >= 0.6 is 0 Å². The van der Waals surface area contributed by atoms with E-state index in [0.717, 1.165) is 56.7 Å². The van der Waals surface area contributed by atoms with Gasteiger partial charge in [-0.1, -0.05) is 30.7 Å². The maximum atomic E-state index is 13.4. The third-order valence-electron chi connectivity index (χ3n) is 5.66. The summed E-state index contributed by atoms with van der Waals surface area (Å²) in [4.78, 5) is 0. The van der Waals surface area contributed by atoms with Crippen molar-refractivity contribution in [3.8, 4) is 11.1 Å². The quantitative estimate of drug-likeness (QED) is 0.264. The van der Waals surface area contributed by atoms with E-state index in [1.165, 1.54) is 5.56 Å². The van der Waals surface area contributed by atoms with E-state index in [2.05, 4.69) is 0 Å². The van der Waals surface area contributed by atoms with Crippen molar-refractivity contribution in [1.82, 2.24) is 0 Å². The third-order valence-corrected chi connectivity index (χ3v) is 5.66. The fourth-order valence-electron chi connectivity index (χ4n) is 4.07. The van der Waals surface area contributed by atoms with E-state index in [0.29, 0.717) is 29.4 Å². The fourth-order valence-corrected chi connectivity index (χ4v) is 4.07. The number of benzene rings is 2. The van der Waals surface area contributed by atoms with E-state index < -0.39 is 23.5 Å². The van der Waals surface area contributed by atoms with E-state index in [-0.39, 0.29) is 0 Å². The van der Waals surface area contributed by atoms with Crippen LogP contribution in [0.15, 0.2) is 48.6 Å². The predicted octanol–water partition coefficient (Wildman–Crippen LogP) is 8.00. The zero-order valence-electron chi connectivity index (χ0n) is 15.5. The van der Waals surface area contributed by atoms with Gasteiger partial charge in [0.1, 0.15) is 0 Å². The van der Waals surface area contributed by atoms with Gasteiger partial charge >= 0.3 is 0 Å². The van der Waals surface area contributed by atoms with Gasteiger partial charge in [0, 0.05) is 0 Å². The molecule has 0 aromatic heterocycles. The summed E-state index contributed by atoms with van der Waals surface area (Å²) in [5.41, 5.74) is 2.14.